The number of hydrogen-bond acceptors (Lipinski definition) is 2. The molecule has 17 heavy (non-hydrogen) atoms. The first-order valence-corrected chi connectivity index (χ1v) is 6.51. The smallest absolute Gasteiger partial charge is 0.122 e. The predicted octanol–water partition coefficient (Wildman–Crippen LogP) is 3.24. The van der Waals surface area contributed by atoms with E-state index in [1.54, 1.807) is 0 Å². The van der Waals surface area contributed by atoms with Crippen LogP contribution in [0.5, 0.6) is 5.75 Å². The van der Waals surface area contributed by atoms with Crippen molar-refractivity contribution in [3.8, 4) is 5.75 Å². The van der Waals surface area contributed by atoms with Crippen molar-refractivity contribution >= 4 is 0 Å². The van der Waals surface area contributed by atoms with E-state index in [2.05, 4.69) is 45.1 Å². The number of hydrogen-bond donors (Lipinski definition) is 1. The van der Waals surface area contributed by atoms with Crippen LogP contribution in [-0.2, 0) is 6.42 Å². The van der Waals surface area contributed by atoms with Crippen molar-refractivity contribution in [3.63, 3.8) is 0 Å². The Kier molecular flexibility index (Phi) is 5.49. The van der Waals surface area contributed by atoms with Crippen LogP contribution >= 0.6 is 0 Å². The van der Waals surface area contributed by atoms with E-state index in [-0.39, 0.29) is 0 Å². The average molecular weight is 235 g/mol. The standard InChI is InChI=1S/C15H25NO/c1-6-17-15-10-12(4)14(9-13(15)5)7-8-16-11(2)3/h9-11,16H,6-8H2,1-5H3. The van der Waals surface area contributed by atoms with E-state index < -0.39 is 0 Å². The zero-order valence-corrected chi connectivity index (χ0v) is 11.8. The van der Waals surface area contributed by atoms with Crippen LogP contribution in [0.2, 0.25) is 0 Å². The minimum absolute atomic E-state index is 0.555. The summed E-state index contributed by atoms with van der Waals surface area (Å²) in [6.07, 6.45) is 1.08. The van der Waals surface area contributed by atoms with Gasteiger partial charge < -0.3 is 10.1 Å². The van der Waals surface area contributed by atoms with Gasteiger partial charge in [-0.15, -0.1) is 0 Å². The van der Waals surface area contributed by atoms with Gasteiger partial charge in [0.2, 0.25) is 0 Å². The summed E-state index contributed by atoms with van der Waals surface area (Å²) in [5.41, 5.74) is 3.97. The van der Waals surface area contributed by atoms with Crippen molar-refractivity contribution in [2.45, 2.75) is 47.1 Å². The van der Waals surface area contributed by atoms with Gasteiger partial charge in [0.1, 0.15) is 5.75 Å². The minimum Gasteiger partial charge on any atom is -0.494 e. The molecule has 0 unspecified atom stereocenters. The van der Waals surface area contributed by atoms with Crippen LogP contribution in [-0.4, -0.2) is 19.2 Å². The van der Waals surface area contributed by atoms with Gasteiger partial charge in [0.15, 0.2) is 0 Å². The van der Waals surface area contributed by atoms with E-state index in [0.717, 1.165) is 25.3 Å². The Balaban J connectivity index is 2.70. The molecule has 1 aromatic rings. The van der Waals surface area contributed by atoms with Crippen molar-refractivity contribution in [2.24, 2.45) is 0 Å². The Bertz CT molecular complexity index is 358. The second-order valence-electron chi connectivity index (χ2n) is 4.84. The van der Waals surface area contributed by atoms with Gasteiger partial charge in [0.25, 0.3) is 0 Å². The van der Waals surface area contributed by atoms with Crippen LogP contribution in [0.25, 0.3) is 0 Å². The third kappa shape index (κ3) is 4.39. The van der Waals surface area contributed by atoms with Gasteiger partial charge >= 0.3 is 0 Å². The third-order valence-corrected chi connectivity index (χ3v) is 2.88. The molecular weight excluding hydrogens is 210 g/mol. The molecule has 0 amide bonds. The highest BCUT2D eigenvalue weighted by atomic mass is 16.5. The zero-order valence-electron chi connectivity index (χ0n) is 11.8. The zero-order chi connectivity index (χ0) is 12.8. The summed E-state index contributed by atoms with van der Waals surface area (Å²) in [5.74, 6) is 1.02. The van der Waals surface area contributed by atoms with Gasteiger partial charge in [-0.1, -0.05) is 19.9 Å². The normalized spacial score (nSPS) is 10.9. The van der Waals surface area contributed by atoms with Crippen LogP contribution in [0, 0.1) is 13.8 Å². The van der Waals surface area contributed by atoms with Gasteiger partial charge in [-0.25, -0.2) is 0 Å². The molecule has 0 heterocycles. The molecule has 0 aliphatic heterocycles. The lowest BCUT2D eigenvalue weighted by Crippen LogP contribution is -2.25. The van der Waals surface area contributed by atoms with Crippen molar-refractivity contribution in [3.05, 3.63) is 28.8 Å². The highest BCUT2D eigenvalue weighted by Gasteiger charge is 2.05. The Morgan fingerprint density at radius 1 is 1.18 bits per heavy atom. The molecule has 0 saturated carbocycles. The summed E-state index contributed by atoms with van der Waals surface area (Å²) < 4.78 is 5.60. The topological polar surface area (TPSA) is 21.3 Å². The van der Waals surface area contributed by atoms with Crippen LogP contribution in [0.1, 0.15) is 37.5 Å². The number of nitrogens with one attached hydrogen (secondary N) is 1. The average Bonchev–Trinajstić information content (AvgIpc) is 2.24. The second kappa shape index (κ2) is 6.65. The van der Waals surface area contributed by atoms with Crippen LogP contribution in [0.4, 0.5) is 0 Å². The fraction of sp³-hybridized carbons (Fsp3) is 0.600. The van der Waals surface area contributed by atoms with Crippen molar-refractivity contribution in [2.75, 3.05) is 13.2 Å². The van der Waals surface area contributed by atoms with Gasteiger partial charge in [0.05, 0.1) is 6.61 Å². The summed E-state index contributed by atoms with van der Waals surface area (Å²) in [6, 6.07) is 4.96. The molecule has 0 saturated heterocycles. The summed E-state index contributed by atoms with van der Waals surface area (Å²) in [4.78, 5) is 0. The summed E-state index contributed by atoms with van der Waals surface area (Å²) >= 11 is 0. The Hall–Kier alpha value is -1.02. The molecule has 0 aliphatic rings. The Morgan fingerprint density at radius 2 is 1.88 bits per heavy atom. The highest BCUT2D eigenvalue weighted by molar-refractivity contribution is 5.41. The molecule has 0 fully saturated rings. The van der Waals surface area contributed by atoms with E-state index >= 15 is 0 Å². The molecule has 1 aromatic carbocycles. The van der Waals surface area contributed by atoms with Crippen molar-refractivity contribution in [1.82, 2.24) is 5.32 Å². The first-order valence-electron chi connectivity index (χ1n) is 6.51. The molecule has 0 atom stereocenters. The second-order valence-corrected chi connectivity index (χ2v) is 4.84. The van der Waals surface area contributed by atoms with Gasteiger partial charge in [0, 0.05) is 6.04 Å². The van der Waals surface area contributed by atoms with E-state index in [4.69, 9.17) is 4.74 Å². The highest BCUT2D eigenvalue weighted by Crippen LogP contribution is 2.23. The van der Waals surface area contributed by atoms with E-state index in [0.29, 0.717) is 6.04 Å². The summed E-state index contributed by atoms with van der Waals surface area (Å²) in [7, 11) is 0. The quantitative estimate of drug-likeness (QED) is 0.817. The lowest BCUT2D eigenvalue weighted by Gasteiger charge is -2.13. The fourth-order valence-electron chi connectivity index (χ4n) is 1.93. The molecule has 2 heteroatoms. The van der Waals surface area contributed by atoms with Gasteiger partial charge in [-0.2, -0.15) is 0 Å². The van der Waals surface area contributed by atoms with Gasteiger partial charge in [-0.3, -0.25) is 0 Å². The summed E-state index contributed by atoms with van der Waals surface area (Å²) in [6.45, 7) is 12.4. The Morgan fingerprint density at radius 3 is 2.47 bits per heavy atom. The van der Waals surface area contributed by atoms with E-state index in [9.17, 15) is 0 Å². The third-order valence-electron chi connectivity index (χ3n) is 2.88. The molecule has 0 spiro atoms. The molecule has 96 valence electrons. The molecule has 0 radical (unpaired) electrons. The fourth-order valence-corrected chi connectivity index (χ4v) is 1.93. The number of benzene rings is 1. The maximum atomic E-state index is 5.60. The number of rotatable bonds is 6. The molecule has 0 aliphatic carbocycles. The van der Waals surface area contributed by atoms with Crippen molar-refractivity contribution < 1.29 is 4.74 Å². The van der Waals surface area contributed by atoms with E-state index in [1.165, 1.54) is 16.7 Å². The lowest BCUT2D eigenvalue weighted by atomic mass is 10.0. The van der Waals surface area contributed by atoms with Crippen LogP contribution < -0.4 is 10.1 Å². The number of aryl methyl sites for hydroxylation is 2. The first kappa shape index (κ1) is 14.0. The predicted molar refractivity (Wildman–Crippen MR) is 73.9 cm³/mol. The van der Waals surface area contributed by atoms with E-state index in [1.807, 2.05) is 6.92 Å². The molecule has 1 rings (SSSR count). The molecular formula is C15H25NO. The first-order chi connectivity index (χ1) is 8.04. The number of ether oxygens (including phenoxy) is 1. The van der Waals surface area contributed by atoms with Crippen molar-refractivity contribution in [1.29, 1.82) is 0 Å². The van der Waals surface area contributed by atoms with Crippen LogP contribution in [0.15, 0.2) is 12.1 Å². The monoisotopic (exact) mass is 235 g/mol. The molecule has 0 bridgehead atoms. The Labute approximate surface area is 105 Å². The maximum Gasteiger partial charge on any atom is 0.122 e. The maximum absolute atomic E-state index is 5.60. The van der Waals surface area contributed by atoms with Crippen LogP contribution in [0.3, 0.4) is 0 Å². The minimum atomic E-state index is 0.555. The summed E-state index contributed by atoms with van der Waals surface area (Å²) in [5, 5.41) is 3.45. The molecule has 1 N–H and O–H groups in total. The van der Waals surface area contributed by atoms with Gasteiger partial charge in [-0.05, 0) is 56.5 Å². The lowest BCUT2D eigenvalue weighted by molar-refractivity contribution is 0.337. The molecule has 0 aromatic heterocycles. The SMILES string of the molecule is CCOc1cc(C)c(CCNC(C)C)cc1C. The largest absolute Gasteiger partial charge is 0.494 e. The molecule has 2 nitrogen and oxygen atoms in total.